The quantitative estimate of drug-likeness (QED) is 0.219. The Morgan fingerprint density at radius 2 is 1.60 bits per heavy atom. The van der Waals surface area contributed by atoms with E-state index in [2.05, 4.69) is 21.2 Å². The molecule has 0 heterocycles. The summed E-state index contributed by atoms with van der Waals surface area (Å²) in [6, 6.07) is 19.1. The molecule has 0 spiro atoms. The van der Waals surface area contributed by atoms with Gasteiger partial charge in [0.2, 0.25) is 11.8 Å². The van der Waals surface area contributed by atoms with Crippen LogP contribution in [0.25, 0.3) is 0 Å². The molecular formula is C32H37BrClN3O5S. The maximum atomic E-state index is 14.2. The largest absolute Gasteiger partial charge is 0.494 e. The van der Waals surface area contributed by atoms with Crippen LogP contribution in [0.3, 0.4) is 0 Å². The monoisotopic (exact) mass is 689 g/mol. The molecule has 0 bridgehead atoms. The number of rotatable bonds is 13. The van der Waals surface area contributed by atoms with Crippen molar-refractivity contribution in [2.24, 2.45) is 0 Å². The molecule has 1 N–H and O–H groups in total. The smallest absolute Gasteiger partial charge is 0.264 e. The van der Waals surface area contributed by atoms with E-state index in [1.807, 2.05) is 13.8 Å². The first-order valence-corrected chi connectivity index (χ1v) is 17.1. The molecule has 3 aromatic carbocycles. The van der Waals surface area contributed by atoms with E-state index >= 15 is 0 Å². The van der Waals surface area contributed by atoms with Crippen LogP contribution < -0.4 is 14.4 Å². The van der Waals surface area contributed by atoms with Crippen molar-refractivity contribution in [1.29, 1.82) is 0 Å². The molecule has 43 heavy (non-hydrogen) atoms. The fraction of sp³-hybridized carbons (Fsp3) is 0.375. The van der Waals surface area contributed by atoms with E-state index in [1.54, 1.807) is 60.7 Å². The van der Waals surface area contributed by atoms with E-state index < -0.39 is 28.5 Å². The molecule has 1 aliphatic rings. The summed E-state index contributed by atoms with van der Waals surface area (Å²) in [5, 5.41) is 3.67. The number of ether oxygens (including phenoxy) is 1. The van der Waals surface area contributed by atoms with Crippen LogP contribution in [-0.4, -0.2) is 50.4 Å². The van der Waals surface area contributed by atoms with Gasteiger partial charge < -0.3 is 15.0 Å². The van der Waals surface area contributed by atoms with Gasteiger partial charge in [-0.25, -0.2) is 8.42 Å². The minimum absolute atomic E-state index is 0.0349. The first kappa shape index (κ1) is 32.8. The molecule has 3 aromatic rings. The summed E-state index contributed by atoms with van der Waals surface area (Å²) in [7, 11) is -4.17. The van der Waals surface area contributed by atoms with E-state index in [-0.39, 0.29) is 23.4 Å². The van der Waals surface area contributed by atoms with Crippen molar-refractivity contribution in [2.75, 3.05) is 17.5 Å². The maximum Gasteiger partial charge on any atom is 0.264 e. The number of nitrogens with one attached hydrogen (secondary N) is 1. The zero-order chi connectivity index (χ0) is 31.0. The van der Waals surface area contributed by atoms with Gasteiger partial charge in [0.05, 0.1) is 17.2 Å². The summed E-state index contributed by atoms with van der Waals surface area (Å²) in [6.07, 6.45) is 4.29. The molecule has 0 radical (unpaired) electrons. The minimum Gasteiger partial charge on any atom is -0.494 e. The van der Waals surface area contributed by atoms with Gasteiger partial charge >= 0.3 is 0 Å². The highest BCUT2D eigenvalue weighted by atomic mass is 79.9. The van der Waals surface area contributed by atoms with E-state index in [0.29, 0.717) is 29.5 Å². The average Bonchev–Trinajstić information content (AvgIpc) is 3.50. The highest BCUT2D eigenvalue weighted by Crippen LogP contribution is 2.28. The molecule has 0 saturated heterocycles. The van der Waals surface area contributed by atoms with Crippen LogP contribution in [0.15, 0.2) is 82.2 Å². The molecular weight excluding hydrogens is 654 g/mol. The number of carbonyl (C=O) groups is 2. The first-order valence-electron chi connectivity index (χ1n) is 14.5. The molecule has 1 aliphatic carbocycles. The summed E-state index contributed by atoms with van der Waals surface area (Å²) < 4.78 is 35.4. The Labute approximate surface area is 267 Å². The van der Waals surface area contributed by atoms with Gasteiger partial charge in [-0.05, 0) is 92.4 Å². The van der Waals surface area contributed by atoms with Gasteiger partial charge in [-0.1, -0.05) is 59.4 Å². The number of hydrogen-bond acceptors (Lipinski definition) is 5. The molecule has 2 amide bonds. The second kappa shape index (κ2) is 15.1. The lowest BCUT2D eigenvalue weighted by Gasteiger charge is -2.33. The van der Waals surface area contributed by atoms with Gasteiger partial charge in [0.1, 0.15) is 18.3 Å². The Balaban J connectivity index is 1.71. The number of halogens is 2. The normalized spacial score (nSPS) is 14.2. The zero-order valence-electron chi connectivity index (χ0n) is 24.3. The van der Waals surface area contributed by atoms with E-state index in [0.717, 1.165) is 40.0 Å². The zero-order valence-corrected chi connectivity index (χ0v) is 27.5. The molecule has 11 heteroatoms. The Bertz CT molecular complexity index is 1480. The fourth-order valence-electron chi connectivity index (χ4n) is 5.21. The fourth-order valence-corrected chi connectivity index (χ4v) is 7.02. The number of hydrogen-bond donors (Lipinski definition) is 1. The van der Waals surface area contributed by atoms with Crippen molar-refractivity contribution in [2.45, 2.75) is 69.5 Å². The summed E-state index contributed by atoms with van der Waals surface area (Å²) in [4.78, 5) is 29.3. The van der Waals surface area contributed by atoms with Gasteiger partial charge in [-0.2, -0.15) is 0 Å². The lowest BCUT2D eigenvalue weighted by molar-refractivity contribution is -0.140. The number of amides is 2. The highest BCUT2D eigenvalue weighted by Gasteiger charge is 2.34. The van der Waals surface area contributed by atoms with Crippen LogP contribution >= 0.6 is 27.5 Å². The van der Waals surface area contributed by atoms with Crippen molar-refractivity contribution in [3.63, 3.8) is 0 Å². The number of anilines is 1. The van der Waals surface area contributed by atoms with Crippen molar-refractivity contribution < 1.29 is 22.7 Å². The summed E-state index contributed by atoms with van der Waals surface area (Å²) >= 11 is 9.45. The predicted octanol–water partition coefficient (Wildman–Crippen LogP) is 6.56. The van der Waals surface area contributed by atoms with Gasteiger partial charge in [-0.3, -0.25) is 13.9 Å². The topological polar surface area (TPSA) is 96.0 Å². The summed E-state index contributed by atoms with van der Waals surface area (Å²) in [5.41, 5.74) is 1.07. The summed E-state index contributed by atoms with van der Waals surface area (Å²) in [5.74, 6) is -0.157. The van der Waals surface area contributed by atoms with Gasteiger partial charge in [-0.15, -0.1) is 0 Å². The Morgan fingerprint density at radius 3 is 2.19 bits per heavy atom. The van der Waals surface area contributed by atoms with Crippen LogP contribution in [0.2, 0.25) is 5.02 Å². The van der Waals surface area contributed by atoms with Crippen molar-refractivity contribution in [3.8, 4) is 5.75 Å². The van der Waals surface area contributed by atoms with Crippen molar-refractivity contribution in [3.05, 3.63) is 87.9 Å². The Kier molecular flexibility index (Phi) is 11.5. The van der Waals surface area contributed by atoms with Crippen LogP contribution in [0, 0.1) is 0 Å². The lowest BCUT2D eigenvalue weighted by Crippen LogP contribution is -2.53. The third-order valence-electron chi connectivity index (χ3n) is 7.47. The second-order valence-corrected chi connectivity index (χ2v) is 13.7. The number of sulfonamides is 1. The van der Waals surface area contributed by atoms with E-state index in [1.165, 1.54) is 17.0 Å². The molecule has 230 valence electrons. The number of carbonyl (C=O) groups excluding carboxylic acids is 2. The Hall–Kier alpha value is -3.08. The van der Waals surface area contributed by atoms with Crippen LogP contribution in [0.4, 0.5) is 5.69 Å². The third-order valence-corrected chi connectivity index (χ3v) is 10.0. The summed E-state index contributed by atoms with van der Waals surface area (Å²) in [6.45, 7) is 3.78. The van der Waals surface area contributed by atoms with Gasteiger partial charge in [0, 0.05) is 22.1 Å². The molecule has 4 rings (SSSR count). The molecule has 8 nitrogen and oxygen atoms in total. The molecule has 0 aliphatic heterocycles. The van der Waals surface area contributed by atoms with Crippen molar-refractivity contribution >= 4 is 55.1 Å². The van der Waals surface area contributed by atoms with Crippen LogP contribution in [0.5, 0.6) is 5.75 Å². The maximum absolute atomic E-state index is 14.2. The second-order valence-electron chi connectivity index (χ2n) is 10.5. The van der Waals surface area contributed by atoms with E-state index in [9.17, 15) is 18.0 Å². The SMILES string of the molecule is CCOc1ccc(N(CC(=O)N(Cc2ccc(Cl)cc2)[C@H](CC)C(=O)NC2CCCC2)S(=O)(=O)c2ccc(Br)cc2)cc1. The molecule has 1 fully saturated rings. The predicted molar refractivity (Wildman–Crippen MR) is 173 cm³/mol. The number of benzene rings is 3. The van der Waals surface area contributed by atoms with E-state index in [4.69, 9.17) is 16.3 Å². The third kappa shape index (κ3) is 8.52. The van der Waals surface area contributed by atoms with Crippen LogP contribution in [0.1, 0.15) is 51.5 Å². The highest BCUT2D eigenvalue weighted by molar-refractivity contribution is 9.10. The molecule has 1 atom stereocenters. The van der Waals surface area contributed by atoms with Crippen molar-refractivity contribution in [1.82, 2.24) is 10.2 Å². The number of nitrogens with zero attached hydrogens (tertiary/aromatic N) is 2. The Morgan fingerprint density at radius 1 is 0.977 bits per heavy atom. The molecule has 0 unspecified atom stereocenters. The minimum atomic E-state index is -4.17. The molecule has 1 saturated carbocycles. The van der Waals surface area contributed by atoms with Gasteiger partial charge in [0.25, 0.3) is 10.0 Å². The molecule has 0 aromatic heterocycles. The standard InChI is InChI=1S/C32H37BrClN3O5S/c1-3-30(32(39)35-26-7-5-6-8-26)36(21-23-9-13-25(34)14-10-23)31(38)22-37(27-15-17-28(18-16-27)42-4-2)43(40,41)29-19-11-24(33)12-20-29/h9-20,26,30H,3-8,21-22H2,1-2H3,(H,35,39)/t30-/m1/s1. The average molecular weight is 691 g/mol. The lowest BCUT2D eigenvalue weighted by atomic mass is 10.1. The van der Waals surface area contributed by atoms with Crippen LogP contribution in [-0.2, 0) is 26.2 Å². The first-order chi connectivity index (χ1) is 20.6. The van der Waals surface area contributed by atoms with Gasteiger partial charge in [0.15, 0.2) is 0 Å².